The Morgan fingerprint density at radius 3 is 2.39 bits per heavy atom. The van der Waals surface area contributed by atoms with Gasteiger partial charge in [-0.05, 0) is 31.0 Å². The van der Waals surface area contributed by atoms with Crippen LogP contribution in [0.15, 0.2) is 35.4 Å². The number of piperazine rings is 1. The van der Waals surface area contributed by atoms with Gasteiger partial charge >= 0.3 is 0 Å². The Morgan fingerprint density at radius 1 is 0.944 bits per heavy atom. The molecule has 11 heteroatoms. The van der Waals surface area contributed by atoms with Gasteiger partial charge in [-0.15, -0.1) is 11.3 Å². The molecular formula is C25H28F2N6O2S. The molecule has 36 heavy (non-hydrogen) atoms. The number of nitrogens with zero attached hydrogens (tertiary/aromatic N) is 6. The van der Waals surface area contributed by atoms with Crippen LogP contribution in [0.1, 0.15) is 52.6 Å². The van der Waals surface area contributed by atoms with Crippen LogP contribution in [0, 0.1) is 0 Å². The summed E-state index contributed by atoms with van der Waals surface area (Å²) in [6.07, 6.45) is 2.39. The topological polar surface area (TPSA) is 74.6 Å². The minimum absolute atomic E-state index is 0.0134. The van der Waals surface area contributed by atoms with Crippen molar-refractivity contribution in [2.75, 3.05) is 39.3 Å². The van der Waals surface area contributed by atoms with Gasteiger partial charge in [0.05, 0.1) is 22.9 Å². The SMILES string of the molecule is O=C(c1ccc2c(c1)ncn2C1CCC(F)(F)CC1)N1CC(N2CCN(C(=O)c3cscn3)CC2)C1. The molecule has 8 nitrogen and oxygen atoms in total. The van der Waals surface area contributed by atoms with Gasteiger partial charge in [-0.3, -0.25) is 14.5 Å². The van der Waals surface area contributed by atoms with Gasteiger partial charge in [0, 0.05) is 75.1 Å². The lowest BCUT2D eigenvalue weighted by Gasteiger charge is -2.48. The Balaban J connectivity index is 1.03. The number of hydrogen-bond donors (Lipinski definition) is 0. The molecule has 190 valence electrons. The van der Waals surface area contributed by atoms with Crippen molar-refractivity contribution < 1.29 is 18.4 Å². The maximum Gasteiger partial charge on any atom is 0.273 e. The molecule has 3 aromatic rings. The Hall–Kier alpha value is -2.92. The van der Waals surface area contributed by atoms with Crippen molar-refractivity contribution in [3.05, 3.63) is 46.7 Å². The lowest BCUT2D eigenvalue weighted by atomic mass is 9.92. The fraction of sp³-hybridized carbons (Fsp3) is 0.520. The summed E-state index contributed by atoms with van der Waals surface area (Å²) < 4.78 is 29.1. The number of amides is 2. The van der Waals surface area contributed by atoms with E-state index in [0.717, 1.165) is 24.1 Å². The van der Waals surface area contributed by atoms with Gasteiger partial charge in [-0.25, -0.2) is 18.7 Å². The highest BCUT2D eigenvalue weighted by atomic mass is 32.1. The number of hydrogen-bond acceptors (Lipinski definition) is 6. The highest BCUT2D eigenvalue weighted by Gasteiger charge is 2.38. The second kappa shape index (κ2) is 9.19. The zero-order valence-electron chi connectivity index (χ0n) is 19.9. The van der Waals surface area contributed by atoms with Gasteiger partial charge in [0.25, 0.3) is 11.8 Å². The molecule has 3 aliphatic rings. The van der Waals surface area contributed by atoms with E-state index in [9.17, 15) is 18.4 Å². The minimum Gasteiger partial charge on any atom is -0.335 e. The normalized spacial score (nSPS) is 21.6. The number of benzene rings is 1. The number of fused-ring (bicyclic) bond motifs is 1. The van der Waals surface area contributed by atoms with E-state index < -0.39 is 5.92 Å². The first-order chi connectivity index (χ1) is 17.4. The zero-order valence-corrected chi connectivity index (χ0v) is 20.7. The molecule has 1 aromatic carbocycles. The predicted octanol–water partition coefficient (Wildman–Crippen LogP) is 3.53. The van der Waals surface area contributed by atoms with Crippen molar-refractivity contribution in [3.63, 3.8) is 0 Å². The molecule has 0 spiro atoms. The first-order valence-corrected chi connectivity index (χ1v) is 13.4. The largest absolute Gasteiger partial charge is 0.335 e. The Morgan fingerprint density at radius 2 is 1.69 bits per heavy atom. The van der Waals surface area contributed by atoms with Crippen LogP contribution >= 0.6 is 11.3 Å². The fourth-order valence-electron chi connectivity index (χ4n) is 5.56. The molecule has 3 fully saturated rings. The third-order valence-electron chi connectivity index (χ3n) is 7.82. The van der Waals surface area contributed by atoms with Crippen molar-refractivity contribution in [2.45, 2.75) is 43.7 Å². The van der Waals surface area contributed by atoms with Crippen LogP contribution in [0.4, 0.5) is 8.78 Å². The summed E-state index contributed by atoms with van der Waals surface area (Å²) in [4.78, 5) is 40.2. The summed E-state index contributed by atoms with van der Waals surface area (Å²) in [6, 6.07) is 5.83. The van der Waals surface area contributed by atoms with Crippen LogP contribution in [0.5, 0.6) is 0 Å². The van der Waals surface area contributed by atoms with Crippen LogP contribution in [0.2, 0.25) is 0 Å². The summed E-state index contributed by atoms with van der Waals surface area (Å²) in [5, 5.41) is 1.78. The average molecular weight is 515 g/mol. The molecule has 2 amide bonds. The molecule has 1 saturated carbocycles. The van der Waals surface area contributed by atoms with Gasteiger partial charge in [0.2, 0.25) is 5.92 Å². The van der Waals surface area contributed by atoms with E-state index in [1.807, 2.05) is 32.6 Å². The number of likely N-dealkylation sites (tertiary alicyclic amines) is 1. The van der Waals surface area contributed by atoms with Crippen LogP contribution < -0.4 is 0 Å². The summed E-state index contributed by atoms with van der Waals surface area (Å²) in [6.45, 7) is 4.25. The molecule has 0 radical (unpaired) electrons. The van der Waals surface area contributed by atoms with E-state index in [0.29, 0.717) is 56.3 Å². The van der Waals surface area contributed by atoms with Crippen LogP contribution in [-0.2, 0) is 0 Å². The van der Waals surface area contributed by atoms with Crippen molar-refractivity contribution >= 4 is 34.2 Å². The number of rotatable bonds is 4. The second-order valence-corrected chi connectivity index (χ2v) is 10.7. The van der Waals surface area contributed by atoms with Crippen molar-refractivity contribution in [3.8, 4) is 0 Å². The third kappa shape index (κ3) is 4.39. The third-order valence-corrected chi connectivity index (χ3v) is 8.41. The molecule has 0 atom stereocenters. The van der Waals surface area contributed by atoms with Gasteiger partial charge < -0.3 is 14.4 Å². The Kier molecular flexibility index (Phi) is 5.99. The standard InChI is InChI=1S/C25H28F2N6O2S/c26-25(27)5-3-18(4-6-25)33-15-28-20-11-17(1-2-22(20)33)23(34)32-12-19(13-32)30-7-9-31(10-8-30)24(35)21-14-36-16-29-21/h1-2,11,14-16,18-19H,3-10,12-13H2. The van der Waals surface area contributed by atoms with E-state index in [-0.39, 0.29) is 30.7 Å². The van der Waals surface area contributed by atoms with Crippen LogP contribution in [-0.4, -0.2) is 92.3 Å². The van der Waals surface area contributed by atoms with Gasteiger partial charge in [0.15, 0.2) is 0 Å². The lowest BCUT2D eigenvalue weighted by Crippen LogP contribution is -2.64. The number of aromatic nitrogens is 3. The quantitative estimate of drug-likeness (QED) is 0.533. The summed E-state index contributed by atoms with van der Waals surface area (Å²) in [5.41, 5.74) is 4.38. The smallest absolute Gasteiger partial charge is 0.273 e. The number of alkyl halides is 2. The summed E-state index contributed by atoms with van der Waals surface area (Å²) in [5.74, 6) is -2.59. The first-order valence-electron chi connectivity index (χ1n) is 12.4. The van der Waals surface area contributed by atoms with Gasteiger partial charge in [-0.2, -0.15) is 0 Å². The maximum absolute atomic E-state index is 13.6. The second-order valence-electron chi connectivity index (χ2n) is 10.0. The molecule has 0 N–H and O–H groups in total. The number of halogens is 2. The highest BCUT2D eigenvalue weighted by Crippen LogP contribution is 2.39. The Bertz CT molecular complexity index is 1250. The monoisotopic (exact) mass is 514 g/mol. The van der Waals surface area contributed by atoms with Crippen LogP contribution in [0.3, 0.4) is 0 Å². The minimum atomic E-state index is -2.56. The fourth-order valence-corrected chi connectivity index (χ4v) is 6.09. The average Bonchev–Trinajstić information content (AvgIpc) is 3.53. The molecule has 2 saturated heterocycles. The van der Waals surface area contributed by atoms with Crippen molar-refractivity contribution in [1.29, 1.82) is 0 Å². The number of carbonyl (C=O) groups is 2. The zero-order chi connectivity index (χ0) is 24.9. The lowest BCUT2D eigenvalue weighted by molar-refractivity contribution is -0.0436. The van der Waals surface area contributed by atoms with E-state index in [4.69, 9.17) is 0 Å². The molecule has 6 rings (SSSR count). The van der Waals surface area contributed by atoms with E-state index in [2.05, 4.69) is 14.9 Å². The number of carbonyl (C=O) groups excluding carboxylic acids is 2. The molecule has 2 aromatic heterocycles. The molecule has 0 bridgehead atoms. The van der Waals surface area contributed by atoms with Gasteiger partial charge in [-0.1, -0.05) is 0 Å². The maximum atomic E-state index is 13.6. The summed E-state index contributed by atoms with van der Waals surface area (Å²) in [7, 11) is 0. The number of imidazole rings is 1. The predicted molar refractivity (Wildman–Crippen MR) is 131 cm³/mol. The van der Waals surface area contributed by atoms with E-state index in [1.165, 1.54) is 11.3 Å². The van der Waals surface area contributed by atoms with Crippen molar-refractivity contribution in [1.82, 2.24) is 29.2 Å². The summed E-state index contributed by atoms with van der Waals surface area (Å²) >= 11 is 1.42. The van der Waals surface area contributed by atoms with Crippen molar-refractivity contribution in [2.24, 2.45) is 0 Å². The molecule has 4 heterocycles. The molecule has 2 aliphatic heterocycles. The van der Waals surface area contributed by atoms with Crippen LogP contribution in [0.25, 0.3) is 11.0 Å². The van der Waals surface area contributed by atoms with Gasteiger partial charge in [0.1, 0.15) is 5.69 Å². The Labute approximate surface area is 211 Å². The molecular weight excluding hydrogens is 486 g/mol. The molecule has 0 unspecified atom stereocenters. The highest BCUT2D eigenvalue weighted by molar-refractivity contribution is 7.07. The number of thiazole rings is 1. The molecule has 1 aliphatic carbocycles. The van der Waals surface area contributed by atoms with E-state index >= 15 is 0 Å². The van der Waals surface area contributed by atoms with E-state index in [1.54, 1.807) is 17.2 Å². The first kappa shape index (κ1) is 23.5.